The van der Waals surface area contributed by atoms with Gasteiger partial charge in [0, 0.05) is 19.5 Å². The molecule has 4 atom stereocenters. The number of likely N-dealkylation sites (tertiary alicyclic amines) is 1. The molecule has 0 spiro atoms. The summed E-state index contributed by atoms with van der Waals surface area (Å²) in [7, 11) is 0. The van der Waals surface area contributed by atoms with Crippen molar-refractivity contribution in [2.24, 2.45) is 17.4 Å². The zero-order chi connectivity index (χ0) is 36.0. The first kappa shape index (κ1) is 39.3. The van der Waals surface area contributed by atoms with E-state index in [9.17, 15) is 29.4 Å². The fraction of sp³-hybridized carbons (Fsp3) is 0.514. The molecule has 1 saturated heterocycles. The number of carbonyl (C=O) groups excluding carboxylic acids is 4. The lowest BCUT2D eigenvalue weighted by Gasteiger charge is -2.39. The fourth-order valence-electron chi connectivity index (χ4n) is 5.81. The molecule has 1 fully saturated rings. The van der Waals surface area contributed by atoms with E-state index < -0.39 is 54.1 Å². The number of rotatable bonds is 18. The van der Waals surface area contributed by atoms with Gasteiger partial charge in [0.1, 0.15) is 18.1 Å². The van der Waals surface area contributed by atoms with Gasteiger partial charge >= 0.3 is 0 Å². The Labute approximate surface area is 289 Å². The van der Waals surface area contributed by atoms with Crippen molar-refractivity contribution in [3.8, 4) is 0 Å². The Morgan fingerprint density at radius 3 is 1.92 bits per heavy atom. The number of piperidine rings is 1. The Balaban J connectivity index is 1.80. The number of nitrogens with two attached hydrogens (primary N) is 2. The van der Waals surface area contributed by atoms with Crippen LogP contribution in [-0.4, -0.2) is 94.8 Å². The molecule has 49 heavy (non-hydrogen) atoms. The molecule has 0 aliphatic carbocycles. The molecule has 0 bridgehead atoms. The minimum atomic E-state index is -1.25. The molecule has 1 aliphatic rings. The summed E-state index contributed by atoms with van der Waals surface area (Å²) < 4.78 is 0. The van der Waals surface area contributed by atoms with Crippen molar-refractivity contribution in [1.29, 1.82) is 0 Å². The molecule has 268 valence electrons. The lowest BCUT2D eigenvalue weighted by Crippen LogP contribution is -2.59. The Kier molecular flexibility index (Phi) is 15.4. The topological polar surface area (TPSA) is 200 Å². The van der Waals surface area contributed by atoms with Gasteiger partial charge in [-0.3, -0.25) is 19.2 Å². The minimum absolute atomic E-state index is 0.00893. The molecule has 12 heteroatoms. The number of hydrogen-bond donors (Lipinski definition) is 7. The maximum Gasteiger partial charge on any atom is 0.249 e. The van der Waals surface area contributed by atoms with Crippen LogP contribution in [0.15, 0.2) is 72.8 Å². The lowest BCUT2D eigenvalue weighted by atomic mass is 9.91. The van der Waals surface area contributed by atoms with Crippen LogP contribution in [0, 0.1) is 5.92 Å². The second-order valence-electron chi connectivity index (χ2n) is 13.4. The maximum atomic E-state index is 13.9. The molecule has 3 rings (SSSR count). The quantitative estimate of drug-likeness (QED) is 0.113. The predicted octanol–water partition coefficient (Wildman–Crippen LogP) is 0.941. The average Bonchev–Trinajstić information content (AvgIpc) is 3.09. The summed E-state index contributed by atoms with van der Waals surface area (Å²) in [5.41, 5.74) is 12.9. The Hall–Kier alpha value is -4.10. The molecule has 0 saturated carbocycles. The molecule has 4 amide bonds. The van der Waals surface area contributed by atoms with Gasteiger partial charge in [-0.25, -0.2) is 0 Å². The number of hydrogen-bond acceptors (Lipinski definition) is 8. The van der Waals surface area contributed by atoms with Gasteiger partial charge in [0.2, 0.25) is 23.6 Å². The first-order valence-electron chi connectivity index (χ1n) is 17.1. The summed E-state index contributed by atoms with van der Waals surface area (Å²) in [5, 5.41) is 28.5. The number of carbonyl (C=O) groups is 4. The highest BCUT2D eigenvalue weighted by Crippen LogP contribution is 2.23. The van der Waals surface area contributed by atoms with Crippen LogP contribution in [0.5, 0.6) is 0 Å². The molecule has 12 nitrogen and oxygen atoms in total. The SMILES string of the molecule is C=C(CCCN)[C@@H](NC(=O)[C@@H](CC(C)C)NC(=O)[C@@H](Cc1ccccc1)NC(=O)[C@H](N)Cc1ccccc1)C(=O)N1CCC(O)(CO)CC1. The second-order valence-corrected chi connectivity index (χ2v) is 13.4. The third-order valence-electron chi connectivity index (χ3n) is 8.83. The summed E-state index contributed by atoms with van der Waals surface area (Å²) in [5.74, 6) is -2.02. The van der Waals surface area contributed by atoms with E-state index >= 15 is 0 Å². The van der Waals surface area contributed by atoms with E-state index in [0.29, 0.717) is 25.0 Å². The molecule has 0 radical (unpaired) electrons. The number of benzene rings is 2. The maximum absolute atomic E-state index is 13.9. The summed E-state index contributed by atoms with van der Waals surface area (Å²) in [6.45, 7) is 8.28. The minimum Gasteiger partial charge on any atom is -0.393 e. The molecule has 1 heterocycles. The Bertz CT molecular complexity index is 1380. The average molecular weight is 679 g/mol. The van der Waals surface area contributed by atoms with Crippen LogP contribution in [0.2, 0.25) is 0 Å². The van der Waals surface area contributed by atoms with Crippen LogP contribution in [-0.2, 0) is 32.0 Å². The van der Waals surface area contributed by atoms with E-state index in [1.54, 1.807) is 4.90 Å². The Morgan fingerprint density at radius 2 is 1.39 bits per heavy atom. The number of aliphatic hydroxyl groups excluding tert-OH is 1. The van der Waals surface area contributed by atoms with Gasteiger partial charge in [-0.05, 0) is 67.7 Å². The van der Waals surface area contributed by atoms with Crippen molar-refractivity contribution in [2.75, 3.05) is 26.2 Å². The summed E-state index contributed by atoms with van der Waals surface area (Å²) >= 11 is 0. The van der Waals surface area contributed by atoms with Crippen LogP contribution in [0.25, 0.3) is 0 Å². The van der Waals surface area contributed by atoms with Crippen LogP contribution < -0.4 is 27.4 Å². The van der Waals surface area contributed by atoms with E-state index in [1.165, 1.54) is 0 Å². The molecule has 2 aromatic carbocycles. The largest absolute Gasteiger partial charge is 0.393 e. The smallest absolute Gasteiger partial charge is 0.249 e. The molecule has 9 N–H and O–H groups in total. The standard InChI is InChI=1S/C37H54N6O6/c1-25(2)21-30(35(47)42-32(26(3)11-10-18-38)36(48)43-19-16-37(49,24-44)17-20-43)41-34(46)31(23-28-14-8-5-9-15-28)40-33(45)29(39)22-27-12-6-4-7-13-27/h4-9,12-15,25,29-32,44,49H,3,10-11,16-24,38-39H2,1-2H3,(H,40,45)(H,41,46)(H,42,47)/t29-,30-,31-,32-/m1/s1. The highest BCUT2D eigenvalue weighted by Gasteiger charge is 2.37. The molecular formula is C37H54N6O6. The van der Waals surface area contributed by atoms with Crippen molar-refractivity contribution in [3.05, 3.63) is 83.9 Å². The third-order valence-corrected chi connectivity index (χ3v) is 8.83. The van der Waals surface area contributed by atoms with Gasteiger partial charge in [0.25, 0.3) is 0 Å². The second kappa shape index (κ2) is 19.2. The summed E-state index contributed by atoms with van der Waals surface area (Å²) in [6, 6.07) is 14.5. The fourth-order valence-corrected chi connectivity index (χ4v) is 5.81. The number of nitrogens with zero attached hydrogens (tertiary/aromatic N) is 1. The van der Waals surface area contributed by atoms with Crippen molar-refractivity contribution in [2.45, 2.75) is 88.6 Å². The molecule has 0 unspecified atom stereocenters. The molecule has 2 aromatic rings. The normalized spacial score (nSPS) is 16.6. The van der Waals surface area contributed by atoms with Crippen molar-refractivity contribution >= 4 is 23.6 Å². The lowest BCUT2D eigenvalue weighted by molar-refractivity contribution is -0.141. The molecule has 1 aliphatic heterocycles. The van der Waals surface area contributed by atoms with Crippen molar-refractivity contribution < 1.29 is 29.4 Å². The summed E-state index contributed by atoms with van der Waals surface area (Å²) in [4.78, 5) is 56.4. The first-order valence-corrected chi connectivity index (χ1v) is 17.1. The molecule has 0 aromatic heterocycles. The van der Waals surface area contributed by atoms with Crippen LogP contribution in [0.4, 0.5) is 0 Å². The third kappa shape index (κ3) is 12.4. The van der Waals surface area contributed by atoms with Crippen LogP contribution in [0.3, 0.4) is 0 Å². The van der Waals surface area contributed by atoms with E-state index in [-0.39, 0.29) is 57.0 Å². The van der Waals surface area contributed by atoms with E-state index in [2.05, 4.69) is 22.5 Å². The number of aliphatic hydroxyl groups is 2. The zero-order valence-corrected chi connectivity index (χ0v) is 28.8. The number of amides is 4. The Morgan fingerprint density at radius 1 is 0.857 bits per heavy atom. The highest BCUT2D eigenvalue weighted by atomic mass is 16.3. The van der Waals surface area contributed by atoms with Gasteiger partial charge < -0.3 is 42.5 Å². The van der Waals surface area contributed by atoms with Crippen molar-refractivity contribution in [1.82, 2.24) is 20.9 Å². The van der Waals surface area contributed by atoms with Crippen LogP contribution >= 0.6 is 0 Å². The van der Waals surface area contributed by atoms with Gasteiger partial charge in [-0.1, -0.05) is 81.1 Å². The predicted molar refractivity (Wildman–Crippen MR) is 189 cm³/mol. The van der Waals surface area contributed by atoms with Gasteiger partial charge in [-0.2, -0.15) is 0 Å². The summed E-state index contributed by atoms with van der Waals surface area (Å²) in [6.07, 6.45) is 2.06. The first-order chi connectivity index (χ1) is 23.4. The van der Waals surface area contributed by atoms with E-state index in [4.69, 9.17) is 11.5 Å². The monoisotopic (exact) mass is 678 g/mol. The zero-order valence-electron chi connectivity index (χ0n) is 28.8. The van der Waals surface area contributed by atoms with Crippen molar-refractivity contribution in [3.63, 3.8) is 0 Å². The van der Waals surface area contributed by atoms with Gasteiger partial charge in [0.05, 0.1) is 18.2 Å². The van der Waals surface area contributed by atoms with E-state index in [0.717, 1.165) is 11.1 Å². The van der Waals surface area contributed by atoms with E-state index in [1.807, 2.05) is 74.5 Å². The highest BCUT2D eigenvalue weighted by molar-refractivity contribution is 5.95. The molecular weight excluding hydrogens is 624 g/mol. The van der Waals surface area contributed by atoms with Gasteiger partial charge in [0.15, 0.2) is 0 Å². The number of nitrogens with one attached hydrogen (secondary N) is 3. The van der Waals surface area contributed by atoms with Crippen LogP contribution in [0.1, 0.15) is 57.1 Å². The van der Waals surface area contributed by atoms with Gasteiger partial charge in [-0.15, -0.1) is 0 Å².